The zero-order valence-corrected chi connectivity index (χ0v) is 10.9. The fourth-order valence-corrected chi connectivity index (χ4v) is 2.10. The highest BCUT2D eigenvalue weighted by Gasteiger charge is 2.26. The van der Waals surface area contributed by atoms with Crippen LogP contribution in [-0.4, -0.2) is 62.5 Å². The van der Waals surface area contributed by atoms with Crippen molar-refractivity contribution in [3.05, 3.63) is 0 Å². The Bertz CT molecular complexity index is 279. The van der Waals surface area contributed by atoms with Gasteiger partial charge in [0.25, 0.3) is 0 Å². The van der Waals surface area contributed by atoms with Crippen LogP contribution in [-0.2, 0) is 14.3 Å². The summed E-state index contributed by atoms with van der Waals surface area (Å²) < 4.78 is 4.76. The Labute approximate surface area is 103 Å². The molecular weight excluding hydrogens is 220 g/mol. The highest BCUT2D eigenvalue weighted by atomic mass is 16.5. The maximum atomic E-state index is 11.5. The van der Waals surface area contributed by atoms with Gasteiger partial charge in [-0.15, -0.1) is 0 Å². The number of esters is 1. The number of piperidine rings is 1. The van der Waals surface area contributed by atoms with E-state index in [2.05, 4.69) is 4.90 Å². The van der Waals surface area contributed by atoms with Gasteiger partial charge in [0.15, 0.2) is 0 Å². The van der Waals surface area contributed by atoms with E-state index >= 15 is 0 Å². The third-order valence-electron chi connectivity index (χ3n) is 3.18. The molecule has 1 unspecified atom stereocenters. The Hall–Kier alpha value is -1.10. The van der Waals surface area contributed by atoms with E-state index in [0.717, 1.165) is 25.9 Å². The van der Waals surface area contributed by atoms with E-state index in [-0.39, 0.29) is 17.8 Å². The number of amides is 1. The molecule has 1 atom stereocenters. The smallest absolute Gasteiger partial charge is 0.309 e. The third kappa shape index (κ3) is 4.34. The fraction of sp³-hybridized carbons (Fsp3) is 0.833. The van der Waals surface area contributed by atoms with Crippen LogP contribution in [0.2, 0.25) is 0 Å². The maximum absolute atomic E-state index is 11.5. The number of rotatable bonds is 4. The summed E-state index contributed by atoms with van der Waals surface area (Å²) in [6.45, 7) is 2.41. The van der Waals surface area contributed by atoms with Crippen LogP contribution in [0.3, 0.4) is 0 Å². The van der Waals surface area contributed by atoms with Crippen molar-refractivity contribution >= 4 is 11.9 Å². The quantitative estimate of drug-likeness (QED) is 0.667. The van der Waals surface area contributed by atoms with Crippen molar-refractivity contribution in [1.82, 2.24) is 9.80 Å². The Morgan fingerprint density at radius 3 is 2.71 bits per heavy atom. The second-order valence-corrected chi connectivity index (χ2v) is 4.70. The summed E-state index contributed by atoms with van der Waals surface area (Å²) >= 11 is 0. The normalized spacial score (nSPS) is 21.0. The molecule has 0 aromatic heterocycles. The molecule has 17 heavy (non-hydrogen) atoms. The number of nitrogens with zero attached hydrogens (tertiary/aromatic N) is 2. The Morgan fingerprint density at radius 1 is 1.41 bits per heavy atom. The van der Waals surface area contributed by atoms with Crippen LogP contribution in [0.25, 0.3) is 0 Å². The average molecular weight is 242 g/mol. The van der Waals surface area contributed by atoms with Crippen molar-refractivity contribution in [3.8, 4) is 0 Å². The van der Waals surface area contributed by atoms with Crippen molar-refractivity contribution < 1.29 is 14.3 Å². The zero-order valence-electron chi connectivity index (χ0n) is 10.9. The van der Waals surface area contributed by atoms with Gasteiger partial charge in [-0.1, -0.05) is 0 Å². The van der Waals surface area contributed by atoms with E-state index in [1.807, 2.05) is 0 Å². The van der Waals surface area contributed by atoms with Gasteiger partial charge in [0.2, 0.25) is 5.91 Å². The molecule has 1 amide bonds. The Kier molecular flexibility index (Phi) is 5.41. The molecule has 0 spiro atoms. The Morgan fingerprint density at radius 2 is 2.12 bits per heavy atom. The van der Waals surface area contributed by atoms with Gasteiger partial charge in [-0.3, -0.25) is 9.59 Å². The van der Waals surface area contributed by atoms with Crippen molar-refractivity contribution in [1.29, 1.82) is 0 Å². The van der Waals surface area contributed by atoms with Crippen LogP contribution >= 0.6 is 0 Å². The van der Waals surface area contributed by atoms with Crippen LogP contribution in [0, 0.1) is 5.92 Å². The minimum Gasteiger partial charge on any atom is -0.469 e. The highest BCUT2D eigenvalue weighted by molar-refractivity contribution is 5.75. The lowest BCUT2D eigenvalue weighted by molar-refractivity contribution is -0.147. The molecule has 0 saturated carbocycles. The zero-order chi connectivity index (χ0) is 12.8. The highest BCUT2D eigenvalue weighted by Crippen LogP contribution is 2.17. The van der Waals surface area contributed by atoms with Crippen molar-refractivity contribution in [2.45, 2.75) is 19.3 Å². The standard InChI is InChI=1S/C12H22N2O3/c1-13(2)11(15)6-8-14-7-4-5-10(9-14)12(16)17-3/h10H,4-9H2,1-3H3. The van der Waals surface area contributed by atoms with Crippen LogP contribution in [0.1, 0.15) is 19.3 Å². The number of ether oxygens (including phenoxy) is 1. The predicted molar refractivity (Wildman–Crippen MR) is 64.5 cm³/mol. The number of hydrogen-bond donors (Lipinski definition) is 0. The maximum Gasteiger partial charge on any atom is 0.309 e. The molecule has 0 aromatic carbocycles. The van der Waals surface area contributed by atoms with Crippen molar-refractivity contribution in [2.75, 3.05) is 40.8 Å². The molecule has 0 radical (unpaired) electrons. The van der Waals surface area contributed by atoms with Crippen LogP contribution in [0.15, 0.2) is 0 Å². The largest absolute Gasteiger partial charge is 0.469 e. The molecule has 1 fully saturated rings. The van der Waals surface area contributed by atoms with Gasteiger partial charge in [0.1, 0.15) is 0 Å². The summed E-state index contributed by atoms with van der Waals surface area (Å²) in [4.78, 5) is 26.7. The van der Waals surface area contributed by atoms with Crippen LogP contribution in [0.4, 0.5) is 0 Å². The molecular formula is C12H22N2O3. The number of carbonyl (C=O) groups is 2. The van der Waals surface area contributed by atoms with Gasteiger partial charge in [0.05, 0.1) is 13.0 Å². The molecule has 0 aromatic rings. The summed E-state index contributed by atoms with van der Waals surface area (Å²) in [7, 11) is 4.95. The average Bonchev–Trinajstić information content (AvgIpc) is 2.35. The fourth-order valence-electron chi connectivity index (χ4n) is 2.10. The van der Waals surface area contributed by atoms with E-state index in [9.17, 15) is 9.59 Å². The SMILES string of the molecule is COC(=O)C1CCCN(CCC(=O)N(C)C)C1. The molecule has 0 bridgehead atoms. The summed E-state index contributed by atoms with van der Waals surface area (Å²) in [5.41, 5.74) is 0. The summed E-state index contributed by atoms with van der Waals surface area (Å²) in [5.74, 6) is -0.0259. The molecule has 1 heterocycles. The van der Waals surface area contributed by atoms with Gasteiger partial charge >= 0.3 is 5.97 Å². The molecule has 1 saturated heterocycles. The molecule has 98 valence electrons. The molecule has 0 aliphatic carbocycles. The van der Waals surface area contributed by atoms with E-state index in [4.69, 9.17) is 4.74 Å². The van der Waals surface area contributed by atoms with Crippen LogP contribution in [0.5, 0.6) is 0 Å². The predicted octanol–water partition coefficient (Wildman–Crippen LogP) is 0.350. The molecule has 5 heteroatoms. The van der Waals surface area contributed by atoms with Crippen LogP contribution < -0.4 is 0 Å². The minimum absolute atomic E-state index is 0.0248. The lowest BCUT2D eigenvalue weighted by atomic mass is 9.98. The number of methoxy groups -OCH3 is 1. The summed E-state index contributed by atoms with van der Waals surface area (Å²) in [6, 6.07) is 0. The Balaban J connectivity index is 2.35. The van der Waals surface area contributed by atoms with Gasteiger partial charge < -0.3 is 14.5 Å². The van der Waals surface area contributed by atoms with Crippen molar-refractivity contribution in [3.63, 3.8) is 0 Å². The lowest BCUT2D eigenvalue weighted by Gasteiger charge is -2.31. The second-order valence-electron chi connectivity index (χ2n) is 4.70. The second kappa shape index (κ2) is 6.59. The molecule has 5 nitrogen and oxygen atoms in total. The number of carbonyl (C=O) groups excluding carboxylic acids is 2. The first kappa shape index (κ1) is 14.0. The molecule has 0 N–H and O–H groups in total. The molecule has 1 aliphatic rings. The van der Waals surface area contributed by atoms with E-state index in [1.54, 1.807) is 19.0 Å². The van der Waals surface area contributed by atoms with E-state index < -0.39 is 0 Å². The summed E-state index contributed by atoms with van der Waals surface area (Å²) in [5, 5.41) is 0. The monoisotopic (exact) mass is 242 g/mol. The third-order valence-corrected chi connectivity index (χ3v) is 3.18. The molecule has 1 aliphatic heterocycles. The van der Waals surface area contributed by atoms with Gasteiger partial charge in [-0.05, 0) is 19.4 Å². The first-order chi connectivity index (χ1) is 8.04. The number of hydrogen-bond acceptors (Lipinski definition) is 4. The van der Waals surface area contributed by atoms with E-state index in [1.165, 1.54) is 7.11 Å². The van der Waals surface area contributed by atoms with Gasteiger partial charge in [-0.25, -0.2) is 0 Å². The molecule has 1 rings (SSSR count). The first-order valence-electron chi connectivity index (χ1n) is 6.05. The van der Waals surface area contributed by atoms with E-state index in [0.29, 0.717) is 13.0 Å². The van der Waals surface area contributed by atoms with Crippen molar-refractivity contribution in [2.24, 2.45) is 5.92 Å². The number of likely N-dealkylation sites (tertiary alicyclic amines) is 1. The minimum atomic E-state index is -0.131. The first-order valence-corrected chi connectivity index (χ1v) is 6.05. The lowest BCUT2D eigenvalue weighted by Crippen LogP contribution is -2.40. The van der Waals surface area contributed by atoms with Gasteiger partial charge in [0, 0.05) is 33.6 Å². The topological polar surface area (TPSA) is 49.9 Å². The summed E-state index contributed by atoms with van der Waals surface area (Å²) in [6.07, 6.45) is 2.40. The van der Waals surface area contributed by atoms with Gasteiger partial charge in [-0.2, -0.15) is 0 Å².